The van der Waals surface area contributed by atoms with E-state index in [0.29, 0.717) is 23.3 Å². The molecule has 0 spiro atoms. The molecule has 1 aliphatic heterocycles. The topological polar surface area (TPSA) is 68.0 Å². The zero-order valence-corrected chi connectivity index (χ0v) is 19.2. The number of hydrogen-bond acceptors (Lipinski definition) is 7. The van der Waals surface area contributed by atoms with Gasteiger partial charge in [-0.05, 0) is 30.2 Å². The second-order valence-electron chi connectivity index (χ2n) is 8.15. The molecule has 1 saturated heterocycles. The Morgan fingerprint density at radius 3 is 2.36 bits per heavy atom. The van der Waals surface area contributed by atoms with Gasteiger partial charge in [0.25, 0.3) is 5.78 Å². The Kier molecular flexibility index (Phi) is 5.83. The summed E-state index contributed by atoms with van der Waals surface area (Å²) in [4.78, 5) is 13.8. The van der Waals surface area contributed by atoms with Crippen molar-refractivity contribution in [3.63, 3.8) is 0 Å². The van der Waals surface area contributed by atoms with Gasteiger partial charge in [-0.2, -0.15) is 14.6 Å². The fraction of sp³-hybridized carbons (Fsp3) is 0.320. The van der Waals surface area contributed by atoms with Gasteiger partial charge in [-0.25, -0.2) is 4.98 Å². The first-order chi connectivity index (χ1) is 16.2. The molecule has 0 radical (unpaired) electrons. The third kappa shape index (κ3) is 3.98. The lowest BCUT2D eigenvalue weighted by Crippen LogP contribution is -2.48. The number of hydrogen-bond donors (Lipinski definition) is 0. The summed E-state index contributed by atoms with van der Waals surface area (Å²) in [6, 6.07) is 17.0. The Morgan fingerprint density at radius 1 is 0.879 bits per heavy atom. The lowest BCUT2D eigenvalue weighted by Gasteiger charge is -2.39. The first-order valence-electron chi connectivity index (χ1n) is 11.1. The maximum Gasteiger partial charge on any atom is 0.254 e. The van der Waals surface area contributed by atoms with Gasteiger partial charge in [0.05, 0.1) is 14.2 Å². The van der Waals surface area contributed by atoms with Crippen LogP contribution in [0.5, 0.6) is 11.5 Å². The predicted octanol–water partition coefficient (Wildman–Crippen LogP) is 3.69. The monoisotopic (exact) mass is 444 g/mol. The molecule has 3 heterocycles. The first-order valence-corrected chi connectivity index (χ1v) is 11.1. The van der Waals surface area contributed by atoms with Crippen LogP contribution in [0.15, 0.2) is 61.1 Å². The van der Waals surface area contributed by atoms with Gasteiger partial charge >= 0.3 is 0 Å². The average Bonchev–Trinajstić information content (AvgIpc) is 3.37. The van der Waals surface area contributed by atoms with Crippen LogP contribution in [0, 0.1) is 0 Å². The summed E-state index contributed by atoms with van der Waals surface area (Å²) in [7, 11) is 3.29. The third-order valence-electron chi connectivity index (χ3n) is 6.42. The van der Waals surface area contributed by atoms with E-state index in [1.807, 2.05) is 28.9 Å². The molecule has 2 aromatic carbocycles. The maximum absolute atomic E-state index is 5.54. The summed E-state index contributed by atoms with van der Waals surface area (Å²) < 4.78 is 12.8. The maximum atomic E-state index is 5.54. The molecule has 5 rings (SSSR count). The molecule has 8 nitrogen and oxygen atoms in total. The van der Waals surface area contributed by atoms with E-state index in [9.17, 15) is 0 Å². The summed E-state index contributed by atoms with van der Waals surface area (Å²) in [5.41, 5.74) is 3.32. The highest BCUT2D eigenvalue weighted by Crippen LogP contribution is 2.37. The van der Waals surface area contributed by atoms with Gasteiger partial charge in [0.2, 0.25) is 0 Å². The van der Waals surface area contributed by atoms with E-state index < -0.39 is 0 Å². The Hall–Kier alpha value is -3.65. The Balaban J connectivity index is 1.47. The first kappa shape index (κ1) is 21.2. The number of piperazine rings is 1. The summed E-state index contributed by atoms with van der Waals surface area (Å²) >= 11 is 0. The van der Waals surface area contributed by atoms with Crippen molar-refractivity contribution in [2.75, 3.05) is 45.3 Å². The van der Waals surface area contributed by atoms with Crippen molar-refractivity contribution in [3.8, 4) is 22.6 Å². The van der Waals surface area contributed by atoms with Gasteiger partial charge in [-0.3, -0.25) is 4.90 Å². The van der Waals surface area contributed by atoms with Crippen molar-refractivity contribution >= 4 is 11.6 Å². The molecule has 8 heteroatoms. The highest BCUT2D eigenvalue weighted by molar-refractivity contribution is 5.78. The second kappa shape index (κ2) is 9.07. The Morgan fingerprint density at radius 2 is 1.64 bits per heavy atom. The molecule has 1 aliphatic rings. The fourth-order valence-electron chi connectivity index (χ4n) is 4.54. The SMILES string of the molecule is COc1ccc(-c2cnc3ncnn3c2N2CCN([C@H](C)c3ccccc3)CC2)cc1OC. The molecular weight excluding hydrogens is 416 g/mol. The normalized spacial score (nSPS) is 15.5. The third-order valence-corrected chi connectivity index (χ3v) is 6.42. The van der Waals surface area contributed by atoms with Crippen LogP contribution in [0.4, 0.5) is 5.82 Å². The minimum atomic E-state index is 0.377. The highest BCUT2D eigenvalue weighted by Gasteiger charge is 2.26. The quantitative estimate of drug-likeness (QED) is 0.449. The number of fused-ring (bicyclic) bond motifs is 1. The van der Waals surface area contributed by atoms with Gasteiger partial charge < -0.3 is 14.4 Å². The van der Waals surface area contributed by atoms with Crippen LogP contribution in [-0.2, 0) is 0 Å². The zero-order chi connectivity index (χ0) is 22.8. The molecule has 0 amide bonds. The van der Waals surface area contributed by atoms with Crippen LogP contribution >= 0.6 is 0 Å². The van der Waals surface area contributed by atoms with Crippen molar-refractivity contribution in [3.05, 3.63) is 66.6 Å². The van der Waals surface area contributed by atoms with Crippen LogP contribution in [-0.4, -0.2) is 64.9 Å². The van der Waals surface area contributed by atoms with E-state index in [4.69, 9.17) is 9.47 Å². The van der Waals surface area contributed by atoms with Crippen LogP contribution in [0.1, 0.15) is 18.5 Å². The summed E-state index contributed by atoms with van der Waals surface area (Å²) in [5.74, 6) is 2.97. The lowest BCUT2D eigenvalue weighted by atomic mass is 10.0. The minimum absolute atomic E-state index is 0.377. The van der Waals surface area contributed by atoms with Crippen molar-refractivity contribution < 1.29 is 9.47 Å². The van der Waals surface area contributed by atoms with Gasteiger partial charge in [-0.15, -0.1) is 0 Å². The summed E-state index contributed by atoms with van der Waals surface area (Å²) in [6.45, 7) is 5.97. The summed E-state index contributed by atoms with van der Waals surface area (Å²) in [5, 5.41) is 4.49. The van der Waals surface area contributed by atoms with Crippen molar-refractivity contribution in [1.29, 1.82) is 0 Å². The van der Waals surface area contributed by atoms with Crippen LogP contribution in [0.3, 0.4) is 0 Å². The van der Waals surface area contributed by atoms with E-state index in [2.05, 4.69) is 62.1 Å². The molecule has 0 aliphatic carbocycles. The van der Waals surface area contributed by atoms with E-state index in [1.165, 1.54) is 5.56 Å². The molecule has 33 heavy (non-hydrogen) atoms. The zero-order valence-electron chi connectivity index (χ0n) is 19.2. The van der Waals surface area contributed by atoms with Crippen molar-refractivity contribution in [2.45, 2.75) is 13.0 Å². The standard InChI is InChI=1S/C25H28N6O2/c1-18(19-7-5-4-6-8-19)29-11-13-30(14-12-29)24-21(16-26-25-27-17-28-31(24)25)20-9-10-22(32-2)23(15-20)33-3/h4-10,15-18H,11-14H2,1-3H3/t18-/m1/s1. The van der Waals surface area contributed by atoms with E-state index >= 15 is 0 Å². The van der Waals surface area contributed by atoms with E-state index in [0.717, 1.165) is 43.1 Å². The number of ether oxygens (including phenoxy) is 2. The van der Waals surface area contributed by atoms with Gasteiger partial charge in [0.1, 0.15) is 12.1 Å². The second-order valence-corrected chi connectivity index (χ2v) is 8.15. The molecule has 0 unspecified atom stereocenters. The number of methoxy groups -OCH3 is 2. The molecule has 1 fully saturated rings. The molecule has 2 aromatic heterocycles. The van der Waals surface area contributed by atoms with Crippen molar-refractivity contribution in [2.24, 2.45) is 0 Å². The molecule has 0 N–H and O–H groups in total. The summed E-state index contributed by atoms with van der Waals surface area (Å²) in [6.07, 6.45) is 3.43. The molecule has 170 valence electrons. The number of anilines is 1. The van der Waals surface area contributed by atoms with Gasteiger partial charge in [-0.1, -0.05) is 36.4 Å². The van der Waals surface area contributed by atoms with Gasteiger partial charge in [0, 0.05) is 44.0 Å². The molecule has 0 saturated carbocycles. The van der Waals surface area contributed by atoms with Crippen molar-refractivity contribution in [1.82, 2.24) is 24.5 Å². The van der Waals surface area contributed by atoms with Crippen LogP contribution in [0.25, 0.3) is 16.9 Å². The molecule has 0 bridgehead atoms. The number of benzene rings is 2. The van der Waals surface area contributed by atoms with Crippen LogP contribution < -0.4 is 14.4 Å². The lowest BCUT2D eigenvalue weighted by molar-refractivity contribution is 0.198. The smallest absolute Gasteiger partial charge is 0.254 e. The Labute approximate surface area is 193 Å². The molecular formula is C25H28N6O2. The number of rotatable bonds is 6. The highest BCUT2D eigenvalue weighted by atomic mass is 16.5. The van der Waals surface area contributed by atoms with E-state index in [-0.39, 0.29) is 0 Å². The molecule has 4 aromatic rings. The number of nitrogens with zero attached hydrogens (tertiary/aromatic N) is 6. The number of aromatic nitrogens is 4. The largest absolute Gasteiger partial charge is 0.493 e. The molecule has 1 atom stereocenters. The predicted molar refractivity (Wildman–Crippen MR) is 128 cm³/mol. The fourth-order valence-corrected chi connectivity index (χ4v) is 4.54. The van der Waals surface area contributed by atoms with Gasteiger partial charge in [0.15, 0.2) is 11.5 Å². The average molecular weight is 445 g/mol. The van der Waals surface area contributed by atoms with Crippen LogP contribution in [0.2, 0.25) is 0 Å². The minimum Gasteiger partial charge on any atom is -0.493 e. The van der Waals surface area contributed by atoms with E-state index in [1.54, 1.807) is 20.5 Å². The Bertz CT molecular complexity index is 1230.